The van der Waals surface area contributed by atoms with Gasteiger partial charge in [-0.2, -0.15) is 0 Å². The Bertz CT molecular complexity index is 1310. The molecule has 0 radical (unpaired) electrons. The van der Waals surface area contributed by atoms with Gasteiger partial charge in [0.1, 0.15) is 0 Å². The number of hydrogen-bond acceptors (Lipinski definition) is 5. The van der Waals surface area contributed by atoms with Crippen LogP contribution in [-0.4, -0.2) is 54.4 Å². The topological polar surface area (TPSA) is 77.6 Å². The lowest BCUT2D eigenvalue weighted by atomic mass is 9.94. The molecule has 2 heterocycles. The summed E-state index contributed by atoms with van der Waals surface area (Å²) in [6.45, 7) is 5.76. The van der Waals surface area contributed by atoms with Gasteiger partial charge >= 0.3 is 0 Å². The number of rotatable bonds is 7. The SMILES string of the molecule is O=c1[nH]ccc2cc(CNCCO)c3ccc(-c4ccc(CN5CCOCC5)cc4)cc3c12. The van der Waals surface area contributed by atoms with Gasteiger partial charge in [0.25, 0.3) is 5.56 Å². The maximum Gasteiger partial charge on any atom is 0.256 e. The van der Waals surface area contributed by atoms with Gasteiger partial charge in [-0.3, -0.25) is 9.69 Å². The van der Waals surface area contributed by atoms with Crippen molar-refractivity contribution in [3.63, 3.8) is 0 Å². The van der Waals surface area contributed by atoms with Crippen molar-refractivity contribution in [3.8, 4) is 11.1 Å². The van der Waals surface area contributed by atoms with Crippen molar-refractivity contribution in [1.29, 1.82) is 0 Å². The minimum Gasteiger partial charge on any atom is -0.395 e. The molecule has 6 heteroatoms. The van der Waals surface area contributed by atoms with Gasteiger partial charge in [-0.1, -0.05) is 36.4 Å². The fraction of sp³-hybridized carbons (Fsp3) is 0.296. The van der Waals surface area contributed by atoms with E-state index in [1.807, 2.05) is 6.07 Å². The van der Waals surface area contributed by atoms with E-state index in [-0.39, 0.29) is 12.2 Å². The van der Waals surface area contributed by atoms with Crippen LogP contribution >= 0.6 is 0 Å². The van der Waals surface area contributed by atoms with Crippen molar-refractivity contribution in [1.82, 2.24) is 15.2 Å². The summed E-state index contributed by atoms with van der Waals surface area (Å²) in [5.74, 6) is 0. The summed E-state index contributed by atoms with van der Waals surface area (Å²) in [6, 6.07) is 19.1. The molecule has 0 amide bonds. The molecule has 0 aliphatic carbocycles. The number of pyridine rings is 1. The number of aromatic amines is 1. The first kappa shape index (κ1) is 21.8. The highest BCUT2D eigenvalue weighted by Gasteiger charge is 2.13. The standard InChI is InChI=1S/C27H29N3O3/c31-12-9-28-17-23-15-22-7-8-29-27(32)26(22)25-16-21(5-6-24(23)25)20-3-1-19(2-4-20)18-30-10-13-33-14-11-30/h1-8,15-16,28,31H,9-14,17-18H2,(H,29,32). The largest absolute Gasteiger partial charge is 0.395 e. The third kappa shape index (κ3) is 4.70. The smallest absolute Gasteiger partial charge is 0.256 e. The summed E-state index contributed by atoms with van der Waals surface area (Å²) in [5, 5.41) is 16.0. The number of aliphatic hydroxyl groups excluding tert-OH is 1. The van der Waals surface area contributed by atoms with Gasteiger partial charge in [-0.15, -0.1) is 0 Å². The third-order valence-corrected chi connectivity index (χ3v) is 6.36. The third-order valence-electron chi connectivity index (χ3n) is 6.36. The Morgan fingerprint density at radius 3 is 2.55 bits per heavy atom. The first-order valence-corrected chi connectivity index (χ1v) is 11.5. The van der Waals surface area contributed by atoms with Crippen molar-refractivity contribution >= 4 is 21.5 Å². The van der Waals surface area contributed by atoms with Crippen LogP contribution in [0.4, 0.5) is 0 Å². The molecule has 0 spiro atoms. The lowest BCUT2D eigenvalue weighted by Gasteiger charge is -2.26. The molecular weight excluding hydrogens is 414 g/mol. The highest BCUT2D eigenvalue weighted by molar-refractivity contribution is 6.09. The fourth-order valence-electron chi connectivity index (χ4n) is 4.64. The molecule has 3 N–H and O–H groups in total. The maximum absolute atomic E-state index is 12.7. The Morgan fingerprint density at radius 1 is 0.970 bits per heavy atom. The van der Waals surface area contributed by atoms with Crippen molar-refractivity contribution in [2.45, 2.75) is 13.1 Å². The minimum atomic E-state index is -0.0784. The summed E-state index contributed by atoms with van der Waals surface area (Å²) >= 11 is 0. The van der Waals surface area contributed by atoms with Crippen molar-refractivity contribution in [2.75, 3.05) is 39.5 Å². The molecule has 170 valence electrons. The molecule has 0 saturated carbocycles. The van der Waals surface area contributed by atoms with Crippen LogP contribution in [0.2, 0.25) is 0 Å². The van der Waals surface area contributed by atoms with E-state index in [9.17, 15) is 4.79 Å². The fourth-order valence-corrected chi connectivity index (χ4v) is 4.64. The number of aliphatic hydroxyl groups is 1. The number of benzene rings is 3. The molecule has 0 atom stereocenters. The Balaban J connectivity index is 1.51. The number of fused-ring (bicyclic) bond motifs is 3. The van der Waals surface area contributed by atoms with E-state index in [0.717, 1.165) is 65.7 Å². The Hall–Kier alpha value is -3.03. The number of ether oxygens (including phenoxy) is 1. The molecule has 1 aliphatic rings. The van der Waals surface area contributed by atoms with E-state index in [4.69, 9.17) is 9.84 Å². The van der Waals surface area contributed by atoms with E-state index in [0.29, 0.717) is 18.5 Å². The van der Waals surface area contributed by atoms with Gasteiger partial charge in [0.15, 0.2) is 0 Å². The molecule has 0 bridgehead atoms. The predicted molar refractivity (Wildman–Crippen MR) is 132 cm³/mol. The van der Waals surface area contributed by atoms with Crippen LogP contribution in [-0.2, 0) is 17.8 Å². The number of morpholine rings is 1. The minimum absolute atomic E-state index is 0.0784. The molecule has 1 aliphatic heterocycles. The van der Waals surface area contributed by atoms with Gasteiger partial charge in [-0.05, 0) is 56.6 Å². The van der Waals surface area contributed by atoms with E-state index >= 15 is 0 Å². The van der Waals surface area contributed by atoms with E-state index in [1.54, 1.807) is 6.20 Å². The monoisotopic (exact) mass is 443 g/mol. The molecule has 1 fully saturated rings. The first-order valence-electron chi connectivity index (χ1n) is 11.5. The maximum atomic E-state index is 12.7. The Labute approximate surface area is 192 Å². The number of aromatic nitrogens is 1. The first-order chi connectivity index (χ1) is 16.2. The predicted octanol–water partition coefficient (Wildman–Crippen LogP) is 3.26. The van der Waals surface area contributed by atoms with Crippen molar-refractivity contribution in [3.05, 3.63) is 82.3 Å². The molecule has 5 rings (SSSR count). The van der Waals surface area contributed by atoms with Gasteiger partial charge in [0.2, 0.25) is 0 Å². The zero-order valence-corrected chi connectivity index (χ0v) is 18.6. The molecular formula is C27H29N3O3. The highest BCUT2D eigenvalue weighted by Crippen LogP contribution is 2.31. The lowest BCUT2D eigenvalue weighted by Crippen LogP contribution is -2.35. The van der Waals surface area contributed by atoms with Gasteiger partial charge in [0, 0.05) is 38.9 Å². The molecule has 6 nitrogen and oxygen atoms in total. The number of H-pyrrole nitrogens is 1. The van der Waals surface area contributed by atoms with Crippen molar-refractivity contribution in [2.24, 2.45) is 0 Å². The average molecular weight is 444 g/mol. The second-order valence-corrected chi connectivity index (χ2v) is 8.55. The summed E-state index contributed by atoms with van der Waals surface area (Å²) < 4.78 is 5.44. The summed E-state index contributed by atoms with van der Waals surface area (Å²) in [5.41, 5.74) is 4.55. The molecule has 1 aromatic heterocycles. The van der Waals surface area contributed by atoms with Gasteiger partial charge in [-0.25, -0.2) is 0 Å². The summed E-state index contributed by atoms with van der Waals surface area (Å²) in [4.78, 5) is 18.0. The van der Waals surface area contributed by atoms with E-state index in [1.165, 1.54) is 5.56 Å². The molecule has 3 aromatic carbocycles. The van der Waals surface area contributed by atoms with Crippen LogP contribution in [0, 0.1) is 0 Å². The lowest BCUT2D eigenvalue weighted by molar-refractivity contribution is 0.0342. The Kier molecular flexibility index (Phi) is 6.51. The van der Waals surface area contributed by atoms with Crippen LogP contribution in [0.1, 0.15) is 11.1 Å². The second kappa shape index (κ2) is 9.85. The summed E-state index contributed by atoms with van der Waals surface area (Å²) in [7, 11) is 0. The normalized spacial score (nSPS) is 14.8. The van der Waals surface area contributed by atoms with Crippen LogP contribution in [0.5, 0.6) is 0 Å². The number of nitrogens with zero attached hydrogens (tertiary/aromatic N) is 1. The summed E-state index contributed by atoms with van der Waals surface area (Å²) in [6.07, 6.45) is 1.69. The number of hydrogen-bond donors (Lipinski definition) is 3. The van der Waals surface area contributed by atoms with Crippen LogP contribution in [0.25, 0.3) is 32.7 Å². The zero-order valence-electron chi connectivity index (χ0n) is 18.6. The van der Waals surface area contributed by atoms with E-state index < -0.39 is 0 Å². The second-order valence-electron chi connectivity index (χ2n) is 8.55. The number of nitrogens with one attached hydrogen (secondary N) is 2. The molecule has 33 heavy (non-hydrogen) atoms. The Morgan fingerprint density at radius 2 is 1.76 bits per heavy atom. The van der Waals surface area contributed by atoms with Gasteiger partial charge < -0.3 is 20.1 Å². The van der Waals surface area contributed by atoms with Crippen LogP contribution in [0.15, 0.2) is 65.6 Å². The van der Waals surface area contributed by atoms with Crippen LogP contribution < -0.4 is 10.9 Å². The van der Waals surface area contributed by atoms with Crippen molar-refractivity contribution < 1.29 is 9.84 Å². The van der Waals surface area contributed by atoms with Gasteiger partial charge in [0.05, 0.1) is 25.2 Å². The van der Waals surface area contributed by atoms with E-state index in [2.05, 4.69) is 63.7 Å². The zero-order chi connectivity index (χ0) is 22.6. The quantitative estimate of drug-likeness (QED) is 0.302. The highest BCUT2D eigenvalue weighted by atomic mass is 16.5. The van der Waals surface area contributed by atoms with Crippen LogP contribution in [0.3, 0.4) is 0 Å². The molecule has 1 saturated heterocycles. The molecule has 4 aromatic rings. The molecule has 0 unspecified atom stereocenters. The average Bonchev–Trinajstić information content (AvgIpc) is 2.85.